The van der Waals surface area contributed by atoms with Crippen molar-refractivity contribution in [1.82, 2.24) is 0 Å². The van der Waals surface area contributed by atoms with Crippen LogP contribution >= 0.6 is 0 Å². The molecular weight excluding hydrogens is 716 g/mol. The second-order valence-corrected chi connectivity index (χ2v) is 13.1. The maximum atomic E-state index is 12.1. The highest BCUT2D eigenvalue weighted by Gasteiger charge is 2.14. The van der Waals surface area contributed by atoms with Gasteiger partial charge in [0, 0.05) is 6.61 Å². The van der Waals surface area contributed by atoms with Crippen molar-refractivity contribution >= 4 is 10.1 Å². The fourth-order valence-electron chi connectivity index (χ4n) is 4.13. The number of hydrogen-bond donors (Lipinski definition) is 0. The minimum Gasteiger partial charge on any atom is -0.379 e. The first kappa shape index (κ1) is 49.7. The predicted molar refractivity (Wildman–Crippen MR) is 198 cm³/mol. The third kappa shape index (κ3) is 34.9. The molecule has 0 unspecified atom stereocenters. The third-order valence-corrected chi connectivity index (χ3v) is 8.34. The highest BCUT2D eigenvalue weighted by atomic mass is 32.2. The minimum atomic E-state index is -3.78. The predicted octanol–water partition coefficient (Wildman–Crippen LogP) is 3.48. The van der Waals surface area contributed by atoms with E-state index in [1.165, 1.54) is 31.4 Å². The van der Waals surface area contributed by atoms with Crippen LogP contribution in [0.4, 0.5) is 0 Å². The molecule has 1 aromatic rings. The van der Waals surface area contributed by atoms with E-state index in [1.807, 2.05) is 6.92 Å². The fraction of sp³-hybridized carbons (Fsp3) is 0.838. The Balaban J connectivity index is 1.65. The van der Waals surface area contributed by atoms with Crippen molar-refractivity contribution in [1.29, 1.82) is 0 Å². The van der Waals surface area contributed by atoms with Crippen molar-refractivity contribution in [3.8, 4) is 0 Å². The van der Waals surface area contributed by atoms with Crippen molar-refractivity contribution in [2.45, 2.75) is 44.4 Å². The van der Waals surface area contributed by atoms with Crippen LogP contribution in [-0.2, 0) is 71.1 Å². The summed E-state index contributed by atoms with van der Waals surface area (Å²) in [6, 6.07) is 6.48. The third-order valence-electron chi connectivity index (χ3n) is 7.01. The summed E-state index contributed by atoms with van der Waals surface area (Å²) in [5.74, 6) is 0. The number of unbranched alkanes of at least 4 members (excludes halogenated alkanes) is 3. The van der Waals surface area contributed by atoms with Crippen LogP contribution in [0.5, 0.6) is 0 Å². The molecule has 0 N–H and O–H groups in total. The van der Waals surface area contributed by atoms with Crippen LogP contribution in [0.1, 0.15) is 38.2 Å². The molecule has 0 aliphatic heterocycles. The van der Waals surface area contributed by atoms with Gasteiger partial charge in [-0.3, -0.25) is 4.18 Å². The van der Waals surface area contributed by atoms with Gasteiger partial charge >= 0.3 is 0 Å². The molecule has 53 heavy (non-hydrogen) atoms. The Hall–Kier alpha value is -1.35. The highest BCUT2D eigenvalue weighted by Crippen LogP contribution is 2.13. The van der Waals surface area contributed by atoms with Crippen molar-refractivity contribution in [2.24, 2.45) is 0 Å². The normalized spacial score (nSPS) is 11.9. The first-order chi connectivity index (χ1) is 26.1. The largest absolute Gasteiger partial charge is 0.379 e. The Morgan fingerprint density at radius 1 is 0.358 bits per heavy atom. The molecule has 16 heteroatoms. The van der Waals surface area contributed by atoms with Gasteiger partial charge in [0.1, 0.15) is 0 Å². The average molecular weight is 785 g/mol. The van der Waals surface area contributed by atoms with E-state index in [1.54, 1.807) is 12.1 Å². The van der Waals surface area contributed by atoms with E-state index in [-0.39, 0.29) is 18.1 Å². The van der Waals surface area contributed by atoms with Crippen molar-refractivity contribution in [3.63, 3.8) is 0 Å². The standard InChI is InChI=1S/C37H68O15S/c1-3-4-5-6-11-40-12-13-41-14-15-42-16-17-43-18-19-44-20-21-45-22-23-46-24-25-47-26-27-48-28-29-49-30-31-50-32-33-51-34-35-52-53(38,39)37-9-7-36(2)8-10-37/h7-10H,3-6,11-35H2,1-2H3. The molecule has 0 aliphatic carbocycles. The van der Waals surface area contributed by atoms with Gasteiger partial charge in [-0.25, -0.2) is 0 Å². The molecule has 1 aromatic carbocycles. The summed E-state index contributed by atoms with van der Waals surface area (Å²) in [4.78, 5) is 0.128. The summed E-state index contributed by atoms with van der Waals surface area (Å²) in [7, 11) is -3.78. The van der Waals surface area contributed by atoms with Gasteiger partial charge in [0.25, 0.3) is 10.1 Å². The molecule has 0 aromatic heterocycles. The zero-order valence-corrected chi connectivity index (χ0v) is 33.2. The fourth-order valence-corrected chi connectivity index (χ4v) is 5.02. The van der Waals surface area contributed by atoms with Gasteiger partial charge in [-0.05, 0) is 25.5 Å². The van der Waals surface area contributed by atoms with Gasteiger partial charge in [0.05, 0.1) is 163 Å². The Kier molecular flexibility index (Phi) is 36.5. The van der Waals surface area contributed by atoms with Gasteiger partial charge in [0.15, 0.2) is 0 Å². The van der Waals surface area contributed by atoms with E-state index in [9.17, 15) is 8.42 Å². The Morgan fingerprint density at radius 2 is 0.623 bits per heavy atom. The molecule has 15 nitrogen and oxygen atoms in total. The van der Waals surface area contributed by atoms with E-state index in [2.05, 4.69) is 6.92 Å². The van der Waals surface area contributed by atoms with Gasteiger partial charge < -0.3 is 56.8 Å². The molecule has 0 aliphatic rings. The molecule has 0 radical (unpaired) electrons. The molecule has 0 bridgehead atoms. The lowest BCUT2D eigenvalue weighted by Gasteiger charge is -2.09. The molecule has 0 heterocycles. The molecular formula is C37H68O15S. The van der Waals surface area contributed by atoms with Gasteiger partial charge in [0.2, 0.25) is 0 Å². The maximum Gasteiger partial charge on any atom is 0.297 e. The number of ether oxygens (including phenoxy) is 12. The molecule has 0 spiro atoms. The molecule has 0 saturated heterocycles. The van der Waals surface area contributed by atoms with Crippen LogP contribution in [0, 0.1) is 6.92 Å². The average Bonchev–Trinajstić information content (AvgIpc) is 3.15. The van der Waals surface area contributed by atoms with Crippen LogP contribution in [0.2, 0.25) is 0 Å². The molecule has 0 amide bonds. The lowest BCUT2D eigenvalue weighted by Crippen LogP contribution is -2.16. The minimum absolute atomic E-state index is 0.0601. The van der Waals surface area contributed by atoms with E-state index >= 15 is 0 Å². The second kappa shape index (κ2) is 38.9. The topological polar surface area (TPSA) is 154 Å². The summed E-state index contributed by atoms with van der Waals surface area (Å²) in [5.41, 5.74) is 0.975. The van der Waals surface area contributed by atoms with Crippen LogP contribution in [0.15, 0.2) is 29.2 Å². The SMILES string of the molecule is CCCCCCOCCOCCOCCOCCOCCOCCOCCOCCOCCOCCOCCOCCOS(=O)(=O)c1ccc(C)cc1. The van der Waals surface area contributed by atoms with Crippen molar-refractivity contribution in [3.05, 3.63) is 29.8 Å². The number of aryl methyl sites for hydroxylation is 1. The molecule has 1 rings (SSSR count). The van der Waals surface area contributed by atoms with Crippen LogP contribution < -0.4 is 0 Å². The van der Waals surface area contributed by atoms with Gasteiger partial charge in [-0.15, -0.1) is 0 Å². The first-order valence-corrected chi connectivity index (χ1v) is 20.4. The summed E-state index contributed by atoms with van der Waals surface area (Å²) in [5, 5.41) is 0. The van der Waals surface area contributed by atoms with Crippen LogP contribution in [-0.4, -0.2) is 174 Å². The zero-order valence-electron chi connectivity index (χ0n) is 32.3. The Bertz CT molecular complexity index is 985. The van der Waals surface area contributed by atoms with Crippen LogP contribution in [0.25, 0.3) is 0 Å². The van der Waals surface area contributed by atoms with Crippen LogP contribution in [0.3, 0.4) is 0 Å². The smallest absolute Gasteiger partial charge is 0.297 e. The summed E-state index contributed by atoms with van der Waals surface area (Å²) >= 11 is 0. The summed E-state index contributed by atoms with van der Waals surface area (Å²) in [6.45, 7) is 15.8. The van der Waals surface area contributed by atoms with Crippen molar-refractivity contribution < 1.29 is 69.4 Å². The zero-order chi connectivity index (χ0) is 38.2. The quantitative estimate of drug-likeness (QED) is 0.0701. The van der Waals surface area contributed by atoms with Crippen molar-refractivity contribution in [2.75, 3.05) is 165 Å². The first-order valence-electron chi connectivity index (χ1n) is 18.9. The monoisotopic (exact) mass is 784 g/mol. The lowest BCUT2D eigenvalue weighted by atomic mass is 10.2. The molecule has 0 saturated carbocycles. The van der Waals surface area contributed by atoms with E-state index in [4.69, 9.17) is 61.0 Å². The maximum absolute atomic E-state index is 12.1. The van der Waals surface area contributed by atoms with Gasteiger partial charge in [-0.1, -0.05) is 43.9 Å². The number of hydrogen-bond acceptors (Lipinski definition) is 15. The van der Waals surface area contributed by atoms with E-state index < -0.39 is 10.1 Å². The number of benzene rings is 1. The lowest BCUT2D eigenvalue weighted by molar-refractivity contribution is -0.0285. The van der Waals surface area contributed by atoms with E-state index in [0.717, 1.165) is 18.6 Å². The summed E-state index contributed by atoms with van der Waals surface area (Å²) < 4.78 is 94.8. The molecule has 0 atom stereocenters. The van der Waals surface area contributed by atoms with E-state index in [0.29, 0.717) is 145 Å². The molecule has 0 fully saturated rings. The Labute approximate surface area is 318 Å². The highest BCUT2D eigenvalue weighted by molar-refractivity contribution is 7.86. The Morgan fingerprint density at radius 3 is 0.906 bits per heavy atom. The second-order valence-electron chi connectivity index (χ2n) is 11.5. The summed E-state index contributed by atoms with van der Waals surface area (Å²) in [6.07, 6.45) is 4.87. The van der Waals surface area contributed by atoms with Gasteiger partial charge in [-0.2, -0.15) is 8.42 Å². The number of rotatable bonds is 43. The molecule has 312 valence electrons.